The van der Waals surface area contributed by atoms with Gasteiger partial charge in [0.05, 0.1) is 4.90 Å². The molecule has 0 aromatic heterocycles. The summed E-state index contributed by atoms with van der Waals surface area (Å²) < 4.78 is 26.5. The number of carboxylic acids is 1. The first-order valence-electron chi connectivity index (χ1n) is 7.82. The highest BCUT2D eigenvalue weighted by Crippen LogP contribution is 2.24. The molecule has 1 aromatic rings. The topological polar surface area (TPSA) is 121 Å². The van der Waals surface area contributed by atoms with Crippen LogP contribution in [0, 0.1) is 5.92 Å². The number of sulfonamides is 1. The molecule has 0 unspecified atom stereocenters. The van der Waals surface area contributed by atoms with E-state index in [0.717, 1.165) is 0 Å². The van der Waals surface area contributed by atoms with Gasteiger partial charge in [-0.1, -0.05) is 12.1 Å². The van der Waals surface area contributed by atoms with Gasteiger partial charge in [-0.05, 0) is 31.9 Å². The largest absolute Gasteiger partial charge is 0.480 e. The van der Waals surface area contributed by atoms with Gasteiger partial charge in [0.1, 0.15) is 6.54 Å². The molecule has 2 rings (SSSR count). The molecule has 1 aliphatic rings. The van der Waals surface area contributed by atoms with Crippen molar-refractivity contribution in [3.05, 3.63) is 29.8 Å². The lowest BCUT2D eigenvalue weighted by Crippen LogP contribution is -2.43. The normalized spacial score (nSPS) is 16.4. The predicted molar refractivity (Wildman–Crippen MR) is 88.6 cm³/mol. The van der Waals surface area contributed by atoms with Crippen molar-refractivity contribution in [1.29, 1.82) is 0 Å². The van der Waals surface area contributed by atoms with Crippen LogP contribution in [0.2, 0.25) is 0 Å². The highest BCUT2D eigenvalue weighted by Gasteiger charge is 2.32. The summed E-state index contributed by atoms with van der Waals surface area (Å²) in [4.78, 5) is 33.7. The molecule has 1 aliphatic heterocycles. The van der Waals surface area contributed by atoms with Gasteiger partial charge in [-0.2, -0.15) is 4.31 Å². The first-order valence-corrected chi connectivity index (χ1v) is 9.26. The number of carbonyl (C=O) groups is 3. The molecule has 0 aliphatic carbocycles. The van der Waals surface area contributed by atoms with E-state index in [1.807, 2.05) is 0 Å². The molecular formula is C16H20N2O6S. The summed E-state index contributed by atoms with van der Waals surface area (Å²) >= 11 is 0. The number of amides is 1. The van der Waals surface area contributed by atoms with Gasteiger partial charge >= 0.3 is 5.97 Å². The van der Waals surface area contributed by atoms with Crippen LogP contribution < -0.4 is 5.32 Å². The van der Waals surface area contributed by atoms with Crippen molar-refractivity contribution in [2.75, 3.05) is 19.6 Å². The third kappa shape index (κ3) is 4.64. The summed E-state index contributed by atoms with van der Waals surface area (Å²) in [5.74, 6) is -2.03. The molecule has 0 bridgehead atoms. The van der Waals surface area contributed by atoms with Gasteiger partial charge in [0.2, 0.25) is 15.9 Å². The average molecular weight is 368 g/mol. The second-order valence-corrected chi connectivity index (χ2v) is 7.81. The lowest BCUT2D eigenvalue weighted by Gasteiger charge is -2.30. The second kappa shape index (κ2) is 7.75. The molecule has 0 saturated carbocycles. The Kier molecular flexibility index (Phi) is 5.91. The van der Waals surface area contributed by atoms with Crippen LogP contribution in [-0.4, -0.2) is 55.1 Å². The van der Waals surface area contributed by atoms with Crippen molar-refractivity contribution in [2.45, 2.75) is 24.7 Å². The van der Waals surface area contributed by atoms with Crippen molar-refractivity contribution in [2.24, 2.45) is 5.92 Å². The number of benzene rings is 1. The van der Waals surface area contributed by atoms with E-state index in [1.54, 1.807) is 0 Å². The van der Waals surface area contributed by atoms with Gasteiger partial charge in [0, 0.05) is 24.6 Å². The zero-order valence-corrected chi connectivity index (χ0v) is 14.6. The van der Waals surface area contributed by atoms with Crippen molar-refractivity contribution in [3.8, 4) is 0 Å². The van der Waals surface area contributed by atoms with E-state index in [0.29, 0.717) is 18.4 Å². The number of hydrogen-bond donors (Lipinski definition) is 2. The quantitative estimate of drug-likeness (QED) is 0.705. The maximum absolute atomic E-state index is 12.6. The number of piperidine rings is 1. The van der Waals surface area contributed by atoms with Crippen LogP contribution in [0.1, 0.15) is 30.1 Å². The summed E-state index contributed by atoms with van der Waals surface area (Å²) in [6, 6.07) is 5.75. The Balaban J connectivity index is 2.00. The van der Waals surface area contributed by atoms with E-state index in [4.69, 9.17) is 5.11 Å². The first-order chi connectivity index (χ1) is 11.7. The van der Waals surface area contributed by atoms with E-state index in [1.165, 1.54) is 35.5 Å². The Morgan fingerprint density at radius 1 is 1.16 bits per heavy atom. The lowest BCUT2D eigenvalue weighted by molar-refractivity contribution is -0.138. The van der Waals surface area contributed by atoms with Crippen LogP contribution >= 0.6 is 0 Å². The van der Waals surface area contributed by atoms with E-state index < -0.39 is 28.5 Å². The fourth-order valence-corrected chi connectivity index (χ4v) is 4.15. The molecule has 8 nitrogen and oxygen atoms in total. The molecule has 1 fully saturated rings. The molecule has 2 N–H and O–H groups in total. The number of Topliss-reactive ketones (excluding diaryl/α,β-unsaturated/α-hetero) is 1. The monoisotopic (exact) mass is 368 g/mol. The van der Waals surface area contributed by atoms with Crippen molar-refractivity contribution in [1.82, 2.24) is 9.62 Å². The van der Waals surface area contributed by atoms with Gasteiger partial charge in [-0.25, -0.2) is 8.42 Å². The SMILES string of the molecule is CC(=O)c1ccc(S(=O)(=O)N2CCC(C(=O)NCC(=O)O)CC2)cc1. The fraction of sp³-hybridized carbons (Fsp3) is 0.438. The maximum atomic E-state index is 12.6. The Morgan fingerprint density at radius 2 is 1.72 bits per heavy atom. The zero-order valence-electron chi connectivity index (χ0n) is 13.8. The number of nitrogens with zero attached hydrogens (tertiary/aromatic N) is 1. The molecule has 1 saturated heterocycles. The molecule has 9 heteroatoms. The van der Waals surface area contributed by atoms with Crippen LogP contribution in [-0.2, 0) is 19.6 Å². The second-order valence-electron chi connectivity index (χ2n) is 5.87. The maximum Gasteiger partial charge on any atom is 0.322 e. The van der Waals surface area contributed by atoms with Crippen LogP contribution in [0.25, 0.3) is 0 Å². The number of carboxylic acid groups (broad SMARTS) is 1. The van der Waals surface area contributed by atoms with E-state index in [9.17, 15) is 22.8 Å². The summed E-state index contributed by atoms with van der Waals surface area (Å²) in [6.45, 7) is 1.33. The molecule has 136 valence electrons. The van der Waals surface area contributed by atoms with Crippen molar-refractivity contribution in [3.63, 3.8) is 0 Å². The number of aliphatic carboxylic acids is 1. The Labute approximate surface area is 145 Å². The molecule has 0 radical (unpaired) electrons. The lowest BCUT2D eigenvalue weighted by atomic mass is 9.97. The minimum Gasteiger partial charge on any atom is -0.480 e. The number of nitrogens with one attached hydrogen (secondary N) is 1. The first kappa shape index (κ1) is 19.1. The Morgan fingerprint density at radius 3 is 2.20 bits per heavy atom. The molecular weight excluding hydrogens is 348 g/mol. The fourth-order valence-electron chi connectivity index (χ4n) is 2.68. The predicted octanol–water partition coefficient (Wildman–Crippen LogP) is 0.491. The van der Waals surface area contributed by atoms with Crippen molar-refractivity contribution < 1.29 is 27.9 Å². The third-order valence-corrected chi connectivity index (χ3v) is 6.05. The van der Waals surface area contributed by atoms with E-state index in [2.05, 4.69) is 5.32 Å². The van der Waals surface area contributed by atoms with Gasteiger partial charge in [-0.3, -0.25) is 14.4 Å². The van der Waals surface area contributed by atoms with Crippen LogP contribution in [0.3, 0.4) is 0 Å². The highest BCUT2D eigenvalue weighted by molar-refractivity contribution is 7.89. The van der Waals surface area contributed by atoms with Crippen LogP contribution in [0.5, 0.6) is 0 Å². The average Bonchev–Trinajstić information content (AvgIpc) is 2.59. The summed E-state index contributed by atoms with van der Waals surface area (Å²) in [6.07, 6.45) is 0.659. The molecule has 1 aromatic carbocycles. The van der Waals surface area contributed by atoms with Gasteiger partial charge in [0.25, 0.3) is 0 Å². The molecule has 25 heavy (non-hydrogen) atoms. The molecule has 0 atom stereocenters. The molecule has 0 spiro atoms. The number of rotatable bonds is 6. The molecule has 1 heterocycles. The number of carbonyl (C=O) groups excluding carboxylic acids is 2. The van der Waals surface area contributed by atoms with Gasteiger partial charge < -0.3 is 10.4 Å². The van der Waals surface area contributed by atoms with E-state index in [-0.39, 0.29) is 29.7 Å². The van der Waals surface area contributed by atoms with Crippen LogP contribution in [0.4, 0.5) is 0 Å². The Hall–Kier alpha value is -2.26. The number of hydrogen-bond acceptors (Lipinski definition) is 5. The summed E-state index contributed by atoms with van der Waals surface area (Å²) in [5.41, 5.74) is 0.438. The van der Waals surface area contributed by atoms with Crippen molar-refractivity contribution >= 4 is 27.7 Å². The highest BCUT2D eigenvalue weighted by atomic mass is 32.2. The third-order valence-electron chi connectivity index (χ3n) is 4.14. The standard InChI is InChI=1S/C16H20N2O6S/c1-11(19)12-2-4-14(5-3-12)25(23,24)18-8-6-13(7-9-18)16(22)17-10-15(20)21/h2-5,13H,6-10H2,1H3,(H,17,22)(H,20,21). The minimum atomic E-state index is -3.68. The Bertz CT molecular complexity index is 764. The molecule has 1 amide bonds. The minimum absolute atomic E-state index is 0.103. The summed E-state index contributed by atoms with van der Waals surface area (Å²) in [7, 11) is -3.68. The summed E-state index contributed by atoms with van der Waals surface area (Å²) in [5, 5.41) is 10.9. The van der Waals surface area contributed by atoms with Gasteiger partial charge in [0.15, 0.2) is 5.78 Å². The van der Waals surface area contributed by atoms with E-state index >= 15 is 0 Å². The zero-order chi connectivity index (χ0) is 18.6. The van der Waals surface area contributed by atoms with Crippen LogP contribution in [0.15, 0.2) is 29.2 Å². The number of ketones is 1. The smallest absolute Gasteiger partial charge is 0.322 e. The van der Waals surface area contributed by atoms with Gasteiger partial charge in [-0.15, -0.1) is 0 Å².